The second-order valence-corrected chi connectivity index (χ2v) is 9.86. The van der Waals surface area contributed by atoms with Crippen molar-refractivity contribution in [1.82, 2.24) is 20.1 Å². The smallest absolute Gasteiger partial charge is 0.483 e. The Hall–Kier alpha value is -4.92. The molecule has 2 atom stereocenters. The molecule has 10 nitrogen and oxygen atoms in total. The van der Waals surface area contributed by atoms with Crippen molar-refractivity contribution in [1.29, 1.82) is 0 Å². The van der Waals surface area contributed by atoms with E-state index in [1.54, 1.807) is 6.92 Å². The van der Waals surface area contributed by atoms with Crippen LogP contribution in [0.4, 0.5) is 22.0 Å². The Balaban J connectivity index is 1.30. The molecule has 6 rings (SSSR count). The number of rotatable bonds is 7. The zero-order chi connectivity index (χ0) is 31.2. The van der Waals surface area contributed by atoms with Crippen LogP contribution in [0, 0.1) is 0 Å². The molecule has 0 amide bonds. The zero-order valence-electron chi connectivity index (χ0n) is 23.0. The molecule has 0 saturated carbocycles. The van der Waals surface area contributed by atoms with Gasteiger partial charge in [-0.25, -0.2) is 14.5 Å². The number of nitrogens with zero attached hydrogens (tertiary/aromatic N) is 3. The van der Waals surface area contributed by atoms with Crippen molar-refractivity contribution in [3.8, 4) is 28.8 Å². The summed E-state index contributed by atoms with van der Waals surface area (Å²) in [6, 6.07) is 13.1. The molecule has 1 unspecified atom stereocenters. The molecular weight excluding hydrogens is 595 g/mol. The molecule has 2 aliphatic rings. The number of fused-ring (bicyclic) bond motifs is 2. The number of hydrogen-bond donors (Lipinski definition) is 1. The van der Waals surface area contributed by atoms with Crippen molar-refractivity contribution in [2.45, 2.75) is 38.1 Å². The molecule has 0 saturated heterocycles. The van der Waals surface area contributed by atoms with Gasteiger partial charge in [0.2, 0.25) is 5.88 Å². The summed E-state index contributed by atoms with van der Waals surface area (Å²) in [7, 11) is 1.25. The average Bonchev–Trinajstić information content (AvgIpc) is 3.54. The minimum atomic E-state index is -4.75. The van der Waals surface area contributed by atoms with Crippen LogP contribution in [0.15, 0.2) is 60.8 Å². The number of nitrogens with one attached hydrogen (secondary N) is 1. The quantitative estimate of drug-likeness (QED) is 0.205. The van der Waals surface area contributed by atoms with Crippen LogP contribution in [0.1, 0.15) is 52.0 Å². The molecular formula is C29H23F5N4O6. The lowest BCUT2D eigenvalue weighted by molar-refractivity contribution is -0.286. The van der Waals surface area contributed by atoms with Crippen molar-refractivity contribution in [3.05, 3.63) is 88.9 Å². The summed E-state index contributed by atoms with van der Waals surface area (Å²) in [5.74, 6) is -0.475. The molecule has 2 aromatic heterocycles. The van der Waals surface area contributed by atoms with Crippen LogP contribution in [-0.2, 0) is 17.5 Å². The number of ether oxygens (including phenoxy) is 5. The van der Waals surface area contributed by atoms with Crippen LogP contribution in [0.25, 0.3) is 5.69 Å². The van der Waals surface area contributed by atoms with Crippen LogP contribution < -0.4 is 24.3 Å². The van der Waals surface area contributed by atoms with Crippen LogP contribution >= 0.6 is 0 Å². The summed E-state index contributed by atoms with van der Waals surface area (Å²) in [6.07, 6.45) is -8.79. The van der Waals surface area contributed by atoms with Gasteiger partial charge < -0.3 is 29.0 Å². The molecule has 0 radical (unpaired) electrons. The molecule has 2 aliphatic heterocycles. The lowest BCUT2D eigenvalue weighted by atomic mass is 10.0. The van der Waals surface area contributed by atoms with Crippen molar-refractivity contribution in [3.63, 3.8) is 0 Å². The number of carbonyl (C=O) groups excluding carboxylic acids is 1. The minimum Gasteiger partial charge on any atom is -0.483 e. The van der Waals surface area contributed by atoms with Crippen molar-refractivity contribution < 1.29 is 50.4 Å². The molecule has 0 bridgehead atoms. The van der Waals surface area contributed by atoms with E-state index in [2.05, 4.69) is 24.9 Å². The fraction of sp³-hybridized carbons (Fsp3) is 0.276. The van der Waals surface area contributed by atoms with Gasteiger partial charge in [-0.2, -0.15) is 18.3 Å². The third-order valence-electron chi connectivity index (χ3n) is 6.94. The first kappa shape index (κ1) is 29.2. The third-order valence-corrected chi connectivity index (χ3v) is 6.94. The van der Waals surface area contributed by atoms with E-state index < -0.39 is 36.3 Å². The van der Waals surface area contributed by atoms with Crippen molar-refractivity contribution in [2.75, 3.05) is 13.7 Å². The zero-order valence-corrected chi connectivity index (χ0v) is 23.0. The number of carbonyl (C=O) groups is 1. The van der Waals surface area contributed by atoms with E-state index in [1.807, 2.05) is 0 Å². The minimum absolute atomic E-state index is 0.0422. The molecule has 2 aromatic carbocycles. The predicted octanol–water partition coefficient (Wildman–Crippen LogP) is 5.76. The van der Waals surface area contributed by atoms with Gasteiger partial charge in [0.05, 0.1) is 24.1 Å². The molecule has 1 N–H and O–H groups in total. The normalized spacial score (nSPS) is 17.5. The SMILES string of the molecule is COC(=O)c1ccc(OC2CNCc3c(C(F)(F)F)nn(-c4ccnc(O[C@@H](C)c5ccc6c(c5)OC(F)(F)O6)c4)c32)cc1. The van der Waals surface area contributed by atoms with E-state index >= 15 is 0 Å². The van der Waals surface area contributed by atoms with E-state index in [1.165, 1.54) is 67.9 Å². The first-order valence-corrected chi connectivity index (χ1v) is 13.2. The van der Waals surface area contributed by atoms with E-state index in [0.717, 1.165) is 4.68 Å². The Morgan fingerprint density at radius 3 is 2.57 bits per heavy atom. The predicted molar refractivity (Wildman–Crippen MR) is 141 cm³/mol. The highest BCUT2D eigenvalue weighted by molar-refractivity contribution is 5.89. The van der Waals surface area contributed by atoms with Gasteiger partial charge in [-0.1, -0.05) is 6.07 Å². The van der Waals surface area contributed by atoms with E-state index in [9.17, 15) is 26.7 Å². The number of hydrogen-bond acceptors (Lipinski definition) is 9. The summed E-state index contributed by atoms with van der Waals surface area (Å²) in [5.41, 5.74) is -0.00972. The Morgan fingerprint density at radius 2 is 1.84 bits per heavy atom. The topological polar surface area (TPSA) is 106 Å². The summed E-state index contributed by atoms with van der Waals surface area (Å²) in [6.45, 7) is 1.71. The molecule has 0 fully saturated rings. The molecule has 4 heterocycles. The fourth-order valence-electron chi connectivity index (χ4n) is 4.93. The Kier molecular flexibility index (Phi) is 7.27. The number of halogens is 5. The first-order valence-electron chi connectivity index (χ1n) is 13.2. The van der Waals surface area contributed by atoms with Gasteiger partial charge in [0.15, 0.2) is 23.3 Å². The third kappa shape index (κ3) is 5.69. The second-order valence-electron chi connectivity index (χ2n) is 9.86. The number of aromatic nitrogens is 3. The highest BCUT2D eigenvalue weighted by Gasteiger charge is 2.44. The maximum absolute atomic E-state index is 14.1. The summed E-state index contributed by atoms with van der Waals surface area (Å²) >= 11 is 0. The van der Waals surface area contributed by atoms with Gasteiger partial charge in [-0.15, -0.1) is 8.78 Å². The van der Waals surface area contributed by atoms with Gasteiger partial charge in [-0.05, 0) is 55.0 Å². The summed E-state index contributed by atoms with van der Waals surface area (Å²) in [4.78, 5) is 15.9. The number of esters is 1. The van der Waals surface area contributed by atoms with E-state index in [0.29, 0.717) is 11.3 Å². The number of methoxy groups -OCH3 is 1. The lowest BCUT2D eigenvalue weighted by Crippen LogP contribution is -2.33. The summed E-state index contributed by atoms with van der Waals surface area (Å²) in [5, 5.41) is 6.88. The second kappa shape index (κ2) is 11.0. The van der Waals surface area contributed by atoms with Gasteiger partial charge in [0, 0.05) is 30.9 Å². The van der Waals surface area contributed by atoms with Crippen LogP contribution in [0.3, 0.4) is 0 Å². The monoisotopic (exact) mass is 618 g/mol. The maximum atomic E-state index is 14.1. The highest BCUT2D eigenvalue weighted by atomic mass is 19.4. The van der Waals surface area contributed by atoms with Crippen LogP contribution in [0.2, 0.25) is 0 Å². The van der Waals surface area contributed by atoms with Crippen molar-refractivity contribution in [2.24, 2.45) is 0 Å². The van der Waals surface area contributed by atoms with Gasteiger partial charge >= 0.3 is 18.4 Å². The van der Waals surface area contributed by atoms with Gasteiger partial charge in [0.25, 0.3) is 0 Å². The number of alkyl halides is 5. The highest BCUT2D eigenvalue weighted by Crippen LogP contribution is 2.43. The Bertz CT molecular complexity index is 1710. The van der Waals surface area contributed by atoms with Gasteiger partial charge in [0.1, 0.15) is 11.9 Å². The molecule has 44 heavy (non-hydrogen) atoms. The standard InChI is InChI=1S/C29H23F5N4O6/c1-15(17-5-8-21-22(11-17)44-29(33,34)43-21)41-24-12-18(9-10-36-24)38-25-20(26(37-38)28(30,31)32)13-35-14-23(25)42-19-6-3-16(4-7-19)27(39)40-2/h3-12,15,23,35H,13-14H2,1-2H3/t15-,23?/m0/s1. The molecule has 15 heteroatoms. The fourth-order valence-corrected chi connectivity index (χ4v) is 4.93. The Morgan fingerprint density at radius 1 is 1.09 bits per heavy atom. The molecule has 0 spiro atoms. The molecule has 230 valence electrons. The molecule has 0 aliphatic carbocycles. The lowest BCUT2D eigenvalue weighted by Gasteiger charge is -2.26. The van der Waals surface area contributed by atoms with Crippen molar-refractivity contribution >= 4 is 5.97 Å². The van der Waals surface area contributed by atoms with Crippen LogP contribution in [0.5, 0.6) is 23.1 Å². The number of benzene rings is 2. The van der Waals surface area contributed by atoms with E-state index in [-0.39, 0.29) is 53.0 Å². The largest absolute Gasteiger partial charge is 0.586 e. The van der Waals surface area contributed by atoms with Crippen LogP contribution in [-0.4, -0.2) is 40.7 Å². The summed E-state index contributed by atoms with van der Waals surface area (Å²) < 4.78 is 95.9. The van der Waals surface area contributed by atoms with E-state index in [4.69, 9.17) is 14.2 Å². The molecule has 4 aromatic rings. The number of pyridine rings is 1. The maximum Gasteiger partial charge on any atom is 0.586 e. The first-order chi connectivity index (χ1) is 20.9. The average molecular weight is 619 g/mol. The van der Waals surface area contributed by atoms with Gasteiger partial charge in [-0.3, -0.25) is 0 Å². The Labute approximate surface area is 246 Å².